The SMILES string of the molecule is NC(Cc1cc(F)ccc1Cl)C1CCC(F)(F)C1. The zero-order chi connectivity index (χ0) is 13.3. The van der Waals surface area contributed by atoms with Crippen LogP contribution in [0.25, 0.3) is 0 Å². The molecule has 2 unspecified atom stereocenters. The Morgan fingerprint density at radius 3 is 2.78 bits per heavy atom. The maximum atomic E-state index is 13.1. The molecule has 1 aliphatic carbocycles. The van der Waals surface area contributed by atoms with Gasteiger partial charge < -0.3 is 5.73 Å². The third-order valence-electron chi connectivity index (χ3n) is 3.51. The first-order valence-electron chi connectivity index (χ1n) is 5.95. The number of benzene rings is 1. The first-order valence-corrected chi connectivity index (χ1v) is 6.32. The van der Waals surface area contributed by atoms with Crippen molar-refractivity contribution < 1.29 is 13.2 Å². The average Bonchev–Trinajstić information content (AvgIpc) is 2.64. The molecule has 0 aliphatic heterocycles. The Kier molecular flexibility index (Phi) is 3.87. The second kappa shape index (κ2) is 5.10. The highest BCUT2D eigenvalue weighted by atomic mass is 35.5. The Morgan fingerprint density at radius 2 is 2.17 bits per heavy atom. The van der Waals surface area contributed by atoms with Crippen LogP contribution in [0.3, 0.4) is 0 Å². The standard InChI is InChI=1S/C13H15ClF3N/c14-11-2-1-10(15)5-9(11)6-12(18)8-3-4-13(16,17)7-8/h1-2,5,8,12H,3-4,6-7,18H2. The summed E-state index contributed by atoms with van der Waals surface area (Å²) in [6.45, 7) is 0. The molecule has 1 aromatic carbocycles. The van der Waals surface area contributed by atoms with Crippen molar-refractivity contribution in [3.05, 3.63) is 34.6 Å². The lowest BCUT2D eigenvalue weighted by Crippen LogP contribution is -2.31. The van der Waals surface area contributed by atoms with E-state index in [0.717, 1.165) is 0 Å². The first kappa shape index (κ1) is 13.7. The summed E-state index contributed by atoms with van der Waals surface area (Å²) in [5.41, 5.74) is 6.52. The third kappa shape index (κ3) is 3.18. The van der Waals surface area contributed by atoms with Gasteiger partial charge in [-0.2, -0.15) is 0 Å². The fraction of sp³-hybridized carbons (Fsp3) is 0.538. The molecule has 5 heteroatoms. The highest BCUT2D eigenvalue weighted by Crippen LogP contribution is 2.40. The molecule has 0 spiro atoms. The summed E-state index contributed by atoms with van der Waals surface area (Å²) in [6, 6.07) is 3.64. The zero-order valence-electron chi connectivity index (χ0n) is 9.80. The molecule has 0 saturated heterocycles. The van der Waals surface area contributed by atoms with Gasteiger partial charge in [0, 0.05) is 23.9 Å². The number of nitrogens with two attached hydrogens (primary N) is 1. The van der Waals surface area contributed by atoms with Crippen molar-refractivity contribution in [2.45, 2.75) is 37.6 Å². The summed E-state index contributed by atoms with van der Waals surface area (Å²) in [5.74, 6) is -3.22. The smallest absolute Gasteiger partial charge is 0.248 e. The van der Waals surface area contributed by atoms with Crippen LogP contribution in [-0.2, 0) is 6.42 Å². The van der Waals surface area contributed by atoms with Gasteiger partial charge in [0.05, 0.1) is 0 Å². The number of hydrogen-bond donors (Lipinski definition) is 1. The van der Waals surface area contributed by atoms with Gasteiger partial charge in [-0.1, -0.05) is 11.6 Å². The van der Waals surface area contributed by atoms with Gasteiger partial charge in [0.1, 0.15) is 5.82 Å². The molecule has 0 bridgehead atoms. The maximum absolute atomic E-state index is 13.1. The van der Waals surface area contributed by atoms with Gasteiger partial charge in [-0.25, -0.2) is 13.2 Å². The third-order valence-corrected chi connectivity index (χ3v) is 3.88. The molecule has 18 heavy (non-hydrogen) atoms. The van der Waals surface area contributed by atoms with Gasteiger partial charge >= 0.3 is 0 Å². The van der Waals surface area contributed by atoms with Crippen molar-refractivity contribution in [2.75, 3.05) is 0 Å². The molecule has 2 atom stereocenters. The van der Waals surface area contributed by atoms with E-state index in [-0.39, 0.29) is 18.8 Å². The van der Waals surface area contributed by atoms with Crippen LogP contribution in [-0.4, -0.2) is 12.0 Å². The molecule has 1 aliphatic rings. The summed E-state index contributed by atoms with van der Waals surface area (Å²) in [5, 5.41) is 0.427. The molecule has 0 radical (unpaired) electrons. The Hall–Kier alpha value is -0.740. The van der Waals surface area contributed by atoms with Crippen molar-refractivity contribution in [3.8, 4) is 0 Å². The quantitative estimate of drug-likeness (QED) is 0.894. The van der Waals surface area contributed by atoms with E-state index in [9.17, 15) is 13.2 Å². The van der Waals surface area contributed by atoms with Crippen LogP contribution < -0.4 is 5.73 Å². The lowest BCUT2D eigenvalue weighted by molar-refractivity contribution is 0.00393. The maximum Gasteiger partial charge on any atom is 0.248 e. The molecule has 1 nitrogen and oxygen atoms in total. The number of alkyl halides is 2. The molecule has 2 N–H and O–H groups in total. The molecule has 0 heterocycles. The van der Waals surface area contributed by atoms with E-state index in [4.69, 9.17) is 17.3 Å². The second-order valence-corrected chi connectivity index (χ2v) is 5.37. The minimum atomic E-state index is -2.60. The minimum absolute atomic E-state index is 0.109. The van der Waals surface area contributed by atoms with Gasteiger partial charge in [-0.15, -0.1) is 0 Å². The van der Waals surface area contributed by atoms with Gasteiger partial charge in [-0.3, -0.25) is 0 Å². The van der Waals surface area contributed by atoms with Crippen LogP contribution >= 0.6 is 11.6 Å². The van der Waals surface area contributed by atoms with E-state index in [0.29, 0.717) is 23.4 Å². The molecule has 0 amide bonds. The normalized spacial score (nSPS) is 24.2. The minimum Gasteiger partial charge on any atom is -0.327 e. The summed E-state index contributed by atoms with van der Waals surface area (Å²) in [6.07, 6.45) is 0.460. The van der Waals surface area contributed by atoms with Crippen molar-refractivity contribution >= 4 is 11.6 Å². The van der Waals surface area contributed by atoms with E-state index < -0.39 is 17.8 Å². The van der Waals surface area contributed by atoms with E-state index >= 15 is 0 Å². The number of rotatable bonds is 3. The Morgan fingerprint density at radius 1 is 1.44 bits per heavy atom. The predicted octanol–water partition coefficient (Wildman–Crippen LogP) is 3.78. The second-order valence-electron chi connectivity index (χ2n) is 4.96. The van der Waals surface area contributed by atoms with E-state index in [1.54, 1.807) is 0 Å². The predicted molar refractivity (Wildman–Crippen MR) is 65.4 cm³/mol. The van der Waals surface area contributed by atoms with Crippen molar-refractivity contribution in [3.63, 3.8) is 0 Å². The molecule has 1 aromatic rings. The monoisotopic (exact) mass is 277 g/mol. The number of hydrogen-bond acceptors (Lipinski definition) is 1. The molecular weight excluding hydrogens is 263 g/mol. The fourth-order valence-electron chi connectivity index (χ4n) is 2.47. The molecule has 100 valence electrons. The Labute approximate surface area is 109 Å². The molecule has 0 aromatic heterocycles. The topological polar surface area (TPSA) is 26.0 Å². The lowest BCUT2D eigenvalue weighted by atomic mass is 9.93. The summed E-state index contributed by atoms with van der Waals surface area (Å²) in [7, 11) is 0. The molecule has 1 fully saturated rings. The lowest BCUT2D eigenvalue weighted by Gasteiger charge is -2.19. The van der Waals surface area contributed by atoms with Crippen LogP contribution in [0, 0.1) is 11.7 Å². The van der Waals surface area contributed by atoms with Crippen LogP contribution in [0.4, 0.5) is 13.2 Å². The first-order chi connectivity index (χ1) is 8.37. The van der Waals surface area contributed by atoms with E-state index in [1.807, 2.05) is 0 Å². The molecule has 1 saturated carbocycles. The van der Waals surface area contributed by atoms with Crippen LogP contribution in [0.2, 0.25) is 5.02 Å². The summed E-state index contributed by atoms with van der Waals surface area (Å²) in [4.78, 5) is 0. The Balaban J connectivity index is 2.03. The summed E-state index contributed by atoms with van der Waals surface area (Å²) < 4.78 is 39.3. The average molecular weight is 278 g/mol. The van der Waals surface area contributed by atoms with E-state index in [1.165, 1.54) is 18.2 Å². The van der Waals surface area contributed by atoms with Crippen LogP contribution in [0.5, 0.6) is 0 Å². The van der Waals surface area contributed by atoms with Crippen molar-refractivity contribution in [1.29, 1.82) is 0 Å². The van der Waals surface area contributed by atoms with Crippen molar-refractivity contribution in [1.82, 2.24) is 0 Å². The highest BCUT2D eigenvalue weighted by Gasteiger charge is 2.41. The number of halogens is 4. The van der Waals surface area contributed by atoms with Gasteiger partial charge in [0.2, 0.25) is 5.92 Å². The summed E-state index contributed by atoms with van der Waals surface area (Å²) >= 11 is 5.93. The fourth-order valence-corrected chi connectivity index (χ4v) is 2.66. The van der Waals surface area contributed by atoms with Gasteiger partial charge in [0.15, 0.2) is 0 Å². The molecule has 2 rings (SSSR count). The van der Waals surface area contributed by atoms with Gasteiger partial charge in [0.25, 0.3) is 0 Å². The van der Waals surface area contributed by atoms with Crippen molar-refractivity contribution in [2.24, 2.45) is 11.7 Å². The van der Waals surface area contributed by atoms with Crippen LogP contribution in [0.15, 0.2) is 18.2 Å². The van der Waals surface area contributed by atoms with Crippen LogP contribution in [0.1, 0.15) is 24.8 Å². The van der Waals surface area contributed by atoms with E-state index in [2.05, 4.69) is 0 Å². The van der Waals surface area contributed by atoms with Gasteiger partial charge in [-0.05, 0) is 42.5 Å². The highest BCUT2D eigenvalue weighted by molar-refractivity contribution is 6.31. The molecular formula is C13H15ClF3N. The largest absolute Gasteiger partial charge is 0.327 e. The Bertz CT molecular complexity index is 436. The zero-order valence-corrected chi connectivity index (χ0v) is 10.6.